The molecule has 0 aromatic carbocycles. The van der Waals surface area contributed by atoms with Crippen molar-refractivity contribution in [1.82, 2.24) is 10.3 Å². The molecule has 1 fully saturated rings. The molecule has 1 aliphatic carbocycles. The average Bonchev–Trinajstić information content (AvgIpc) is 2.38. The minimum Gasteiger partial charge on any atom is -0.393 e. The van der Waals surface area contributed by atoms with Crippen LogP contribution >= 0.6 is 0 Å². The van der Waals surface area contributed by atoms with Crippen LogP contribution in [-0.4, -0.2) is 22.2 Å². The van der Waals surface area contributed by atoms with Crippen LogP contribution in [0, 0.1) is 5.92 Å². The zero-order valence-corrected chi connectivity index (χ0v) is 11.3. The SMILES string of the molecule is CC(C)C(NC1CCC(O)CC1)c1cccnc1. The molecule has 0 amide bonds. The highest BCUT2D eigenvalue weighted by molar-refractivity contribution is 5.14. The largest absolute Gasteiger partial charge is 0.393 e. The minimum atomic E-state index is -0.0843. The topological polar surface area (TPSA) is 45.1 Å². The molecule has 0 radical (unpaired) electrons. The lowest BCUT2D eigenvalue weighted by Gasteiger charge is -2.32. The molecule has 0 aliphatic heterocycles. The molecule has 1 saturated carbocycles. The Hall–Kier alpha value is -0.930. The molecule has 0 bridgehead atoms. The van der Waals surface area contributed by atoms with Crippen molar-refractivity contribution in [2.75, 3.05) is 0 Å². The first-order valence-corrected chi connectivity index (χ1v) is 7.01. The van der Waals surface area contributed by atoms with Gasteiger partial charge in [0.2, 0.25) is 0 Å². The van der Waals surface area contributed by atoms with Crippen LogP contribution in [0.1, 0.15) is 51.1 Å². The number of aliphatic hydroxyl groups excluding tert-OH is 1. The summed E-state index contributed by atoms with van der Waals surface area (Å²) in [6.45, 7) is 4.48. The highest BCUT2D eigenvalue weighted by Gasteiger charge is 2.24. The van der Waals surface area contributed by atoms with E-state index in [-0.39, 0.29) is 6.10 Å². The predicted octanol–water partition coefficient (Wildman–Crippen LogP) is 2.67. The Morgan fingerprint density at radius 2 is 2.00 bits per heavy atom. The van der Waals surface area contributed by atoms with Gasteiger partial charge in [0.05, 0.1) is 6.10 Å². The molecule has 3 nitrogen and oxygen atoms in total. The van der Waals surface area contributed by atoms with Gasteiger partial charge in [-0.05, 0) is 43.2 Å². The second-order valence-electron chi connectivity index (χ2n) is 5.68. The first-order chi connectivity index (χ1) is 8.66. The molecule has 1 aromatic rings. The fourth-order valence-electron chi connectivity index (χ4n) is 2.73. The minimum absolute atomic E-state index is 0.0843. The third kappa shape index (κ3) is 3.53. The summed E-state index contributed by atoms with van der Waals surface area (Å²) in [7, 11) is 0. The molecule has 18 heavy (non-hydrogen) atoms. The van der Waals surface area contributed by atoms with Crippen LogP contribution in [0.15, 0.2) is 24.5 Å². The molecule has 1 aromatic heterocycles. The van der Waals surface area contributed by atoms with E-state index in [9.17, 15) is 5.11 Å². The first kappa shape index (κ1) is 13.5. The maximum Gasteiger partial charge on any atom is 0.0541 e. The van der Waals surface area contributed by atoms with E-state index in [0.29, 0.717) is 18.0 Å². The number of hydrogen-bond acceptors (Lipinski definition) is 3. The number of pyridine rings is 1. The fraction of sp³-hybridized carbons (Fsp3) is 0.667. The zero-order chi connectivity index (χ0) is 13.0. The number of nitrogens with one attached hydrogen (secondary N) is 1. The van der Waals surface area contributed by atoms with Crippen molar-refractivity contribution in [3.8, 4) is 0 Å². The summed E-state index contributed by atoms with van der Waals surface area (Å²) >= 11 is 0. The maximum atomic E-state index is 9.55. The molecular formula is C15H24N2O. The van der Waals surface area contributed by atoms with Gasteiger partial charge in [-0.3, -0.25) is 4.98 Å². The molecule has 1 unspecified atom stereocenters. The average molecular weight is 248 g/mol. The lowest BCUT2D eigenvalue weighted by atomic mass is 9.90. The molecule has 1 aliphatic rings. The van der Waals surface area contributed by atoms with Crippen molar-refractivity contribution in [3.05, 3.63) is 30.1 Å². The second-order valence-corrected chi connectivity index (χ2v) is 5.68. The highest BCUT2D eigenvalue weighted by Crippen LogP contribution is 2.25. The van der Waals surface area contributed by atoms with Crippen LogP contribution in [-0.2, 0) is 0 Å². The smallest absolute Gasteiger partial charge is 0.0541 e. The van der Waals surface area contributed by atoms with Crippen LogP contribution in [0.5, 0.6) is 0 Å². The van der Waals surface area contributed by atoms with Crippen molar-refractivity contribution in [2.24, 2.45) is 5.92 Å². The molecule has 3 heteroatoms. The predicted molar refractivity (Wildman–Crippen MR) is 73.2 cm³/mol. The first-order valence-electron chi connectivity index (χ1n) is 7.01. The molecular weight excluding hydrogens is 224 g/mol. The van der Waals surface area contributed by atoms with E-state index >= 15 is 0 Å². The van der Waals surface area contributed by atoms with E-state index in [0.717, 1.165) is 25.7 Å². The lowest BCUT2D eigenvalue weighted by molar-refractivity contribution is 0.112. The van der Waals surface area contributed by atoms with E-state index in [2.05, 4.69) is 30.2 Å². The second kappa shape index (κ2) is 6.30. The summed E-state index contributed by atoms with van der Waals surface area (Å²) in [5.74, 6) is 0.543. The van der Waals surface area contributed by atoms with Gasteiger partial charge in [0.15, 0.2) is 0 Å². The van der Waals surface area contributed by atoms with Gasteiger partial charge in [-0.25, -0.2) is 0 Å². The summed E-state index contributed by atoms with van der Waals surface area (Å²) in [5, 5.41) is 13.3. The van der Waals surface area contributed by atoms with Crippen LogP contribution in [0.4, 0.5) is 0 Å². The maximum absolute atomic E-state index is 9.55. The van der Waals surface area contributed by atoms with E-state index in [1.165, 1.54) is 5.56 Å². The molecule has 1 atom stereocenters. The van der Waals surface area contributed by atoms with Crippen molar-refractivity contribution < 1.29 is 5.11 Å². The molecule has 1 heterocycles. The van der Waals surface area contributed by atoms with E-state index in [4.69, 9.17) is 0 Å². The van der Waals surface area contributed by atoms with Crippen LogP contribution in [0.25, 0.3) is 0 Å². The summed E-state index contributed by atoms with van der Waals surface area (Å²) in [6.07, 6.45) is 7.69. The van der Waals surface area contributed by atoms with Crippen molar-refractivity contribution >= 4 is 0 Å². The van der Waals surface area contributed by atoms with Gasteiger partial charge >= 0.3 is 0 Å². The van der Waals surface area contributed by atoms with E-state index in [1.807, 2.05) is 18.5 Å². The Kier molecular flexibility index (Phi) is 4.72. The number of aromatic nitrogens is 1. The number of rotatable bonds is 4. The molecule has 2 N–H and O–H groups in total. The quantitative estimate of drug-likeness (QED) is 0.861. The summed E-state index contributed by atoms with van der Waals surface area (Å²) in [4.78, 5) is 4.21. The standard InChI is InChI=1S/C15H24N2O/c1-11(2)15(12-4-3-9-16-10-12)17-13-5-7-14(18)8-6-13/h3-4,9-11,13-15,17-18H,5-8H2,1-2H3. The van der Waals surface area contributed by atoms with Crippen LogP contribution in [0.2, 0.25) is 0 Å². The van der Waals surface area contributed by atoms with Gasteiger partial charge in [0, 0.05) is 24.5 Å². The normalized spacial score (nSPS) is 26.2. The van der Waals surface area contributed by atoms with Crippen LogP contribution < -0.4 is 5.32 Å². The molecule has 0 spiro atoms. The Labute approximate surface area is 110 Å². The van der Waals surface area contributed by atoms with Gasteiger partial charge in [-0.1, -0.05) is 19.9 Å². The Morgan fingerprint density at radius 3 is 2.56 bits per heavy atom. The van der Waals surface area contributed by atoms with Gasteiger partial charge in [-0.2, -0.15) is 0 Å². The van der Waals surface area contributed by atoms with E-state index < -0.39 is 0 Å². The third-order valence-electron chi connectivity index (χ3n) is 3.82. The monoisotopic (exact) mass is 248 g/mol. The number of nitrogens with zero attached hydrogens (tertiary/aromatic N) is 1. The Bertz CT molecular complexity index is 345. The third-order valence-corrected chi connectivity index (χ3v) is 3.82. The molecule has 100 valence electrons. The van der Waals surface area contributed by atoms with Gasteiger partial charge in [0.1, 0.15) is 0 Å². The number of hydrogen-bond donors (Lipinski definition) is 2. The Balaban J connectivity index is 1.99. The van der Waals surface area contributed by atoms with Crippen molar-refractivity contribution in [1.29, 1.82) is 0 Å². The lowest BCUT2D eigenvalue weighted by Crippen LogP contribution is -2.39. The summed E-state index contributed by atoms with van der Waals surface area (Å²) in [6, 6.07) is 5.03. The fourth-order valence-corrected chi connectivity index (χ4v) is 2.73. The highest BCUT2D eigenvalue weighted by atomic mass is 16.3. The number of aliphatic hydroxyl groups is 1. The van der Waals surface area contributed by atoms with Gasteiger partial charge in [0.25, 0.3) is 0 Å². The zero-order valence-electron chi connectivity index (χ0n) is 11.3. The Morgan fingerprint density at radius 1 is 1.28 bits per heavy atom. The van der Waals surface area contributed by atoms with Crippen LogP contribution in [0.3, 0.4) is 0 Å². The molecule has 0 saturated heterocycles. The molecule has 2 rings (SSSR count). The van der Waals surface area contributed by atoms with Crippen molar-refractivity contribution in [2.45, 2.75) is 57.7 Å². The van der Waals surface area contributed by atoms with Gasteiger partial charge in [-0.15, -0.1) is 0 Å². The van der Waals surface area contributed by atoms with Gasteiger partial charge < -0.3 is 10.4 Å². The summed E-state index contributed by atoms with van der Waals surface area (Å²) in [5.41, 5.74) is 1.26. The van der Waals surface area contributed by atoms with Crippen molar-refractivity contribution in [3.63, 3.8) is 0 Å². The van der Waals surface area contributed by atoms with E-state index in [1.54, 1.807) is 0 Å². The summed E-state index contributed by atoms with van der Waals surface area (Å²) < 4.78 is 0.